The van der Waals surface area contributed by atoms with E-state index in [4.69, 9.17) is 0 Å². The highest BCUT2D eigenvalue weighted by Gasteiger charge is 2.18. The van der Waals surface area contributed by atoms with Crippen LogP contribution in [0.4, 0.5) is 5.69 Å². The largest absolute Gasteiger partial charge is 0.369 e. The van der Waals surface area contributed by atoms with Gasteiger partial charge < -0.3 is 9.47 Å². The van der Waals surface area contributed by atoms with E-state index in [9.17, 15) is 4.79 Å². The van der Waals surface area contributed by atoms with Crippen molar-refractivity contribution >= 4 is 16.6 Å². The number of aromatic nitrogens is 4. The molecule has 7 heteroatoms. The molecule has 0 saturated carbocycles. The Morgan fingerprint density at radius 2 is 1.92 bits per heavy atom. The third-order valence-electron chi connectivity index (χ3n) is 4.65. The summed E-state index contributed by atoms with van der Waals surface area (Å²) in [6.45, 7) is 4.50. The second-order valence-corrected chi connectivity index (χ2v) is 6.36. The lowest BCUT2D eigenvalue weighted by Crippen LogP contribution is -2.46. The van der Waals surface area contributed by atoms with E-state index in [2.05, 4.69) is 36.9 Å². The maximum atomic E-state index is 11.7. The van der Waals surface area contributed by atoms with Crippen molar-refractivity contribution < 1.29 is 0 Å². The van der Waals surface area contributed by atoms with Gasteiger partial charge in [-0.15, -0.1) is 0 Å². The normalized spacial score (nSPS) is 15.6. The number of aryl methyl sites for hydroxylation is 1. The lowest BCUT2D eigenvalue weighted by atomic mass is 10.2. The van der Waals surface area contributed by atoms with Gasteiger partial charge in [-0.3, -0.25) is 9.69 Å². The molecule has 0 amide bonds. The average Bonchev–Trinajstić information content (AvgIpc) is 2.65. The van der Waals surface area contributed by atoms with Crippen molar-refractivity contribution in [2.75, 3.05) is 31.1 Å². The lowest BCUT2D eigenvalue weighted by molar-refractivity contribution is 0.246. The van der Waals surface area contributed by atoms with Crippen molar-refractivity contribution in [3.8, 4) is 0 Å². The quantitative estimate of drug-likeness (QED) is 0.712. The van der Waals surface area contributed by atoms with Gasteiger partial charge in [0.15, 0.2) is 0 Å². The molecule has 128 valence electrons. The fourth-order valence-corrected chi connectivity index (χ4v) is 3.15. The maximum Gasteiger partial charge on any atom is 0.253 e. The van der Waals surface area contributed by atoms with E-state index in [-0.39, 0.29) is 5.56 Å². The molecular formula is C18H20N6O. The molecule has 0 aliphatic carbocycles. The van der Waals surface area contributed by atoms with Gasteiger partial charge in [0.25, 0.3) is 5.56 Å². The van der Waals surface area contributed by atoms with Crippen molar-refractivity contribution in [1.82, 2.24) is 24.4 Å². The first-order chi connectivity index (χ1) is 12.2. The molecule has 0 bridgehead atoms. The van der Waals surface area contributed by atoms with E-state index in [1.54, 1.807) is 25.8 Å². The molecule has 0 radical (unpaired) electrons. The van der Waals surface area contributed by atoms with Gasteiger partial charge in [-0.25, -0.2) is 15.0 Å². The van der Waals surface area contributed by atoms with Gasteiger partial charge in [0.05, 0.1) is 17.5 Å². The standard InChI is InChI=1S/C18H20N6O/c1-22-13-21-15(9-18(22)25)11-23-4-6-24(7-5-23)16-2-3-17-14(8-16)10-19-12-20-17/h2-3,8-10,12-13H,4-7,11H2,1H3. The minimum atomic E-state index is -0.0120. The molecule has 0 unspecified atom stereocenters. The predicted octanol–water partition coefficient (Wildman–Crippen LogP) is 1.05. The van der Waals surface area contributed by atoms with E-state index < -0.39 is 0 Å². The van der Waals surface area contributed by atoms with Crippen LogP contribution in [0.1, 0.15) is 5.69 Å². The van der Waals surface area contributed by atoms with Gasteiger partial charge in [0, 0.05) is 63.1 Å². The molecule has 1 aliphatic rings. The van der Waals surface area contributed by atoms with Crippen LogP contribution in [0, 0.1) is 0 Å². The highest BCUT2D eigenvalue weighted by atomic mass is 16.1. The minimum absolute atomic E-state index is 0.0120. The second-order valence-electron chi connectivity index (χ2n) is 6.36. The molecule has 0 atom stereocenters. The first kappa shape index (κ1) is 15.7. The van der Waals surface area contributed by atoms with E-state index in [1.807, 2.05) is 12.3 Å². The molecule has 7 nitrogen and oxygen atoms in total. The molecule has 1 saturated heterocycles. The van der Waals surface area contributed by atoms with Gasteiger partial charge >= 0.3 is 0 Å². The molecule has 0 spiro atoms. The summed E-state index contributed by atoms with van der Waals surface area (Å²) in [5.41, 5.74) is 2.99. The van der Waals surface area contributed by atoms with Crippen LogP contribution < -0.4 is 10.5 Å². The minimum Gasteiger partial charge on any atom is -0.369 e. The molecule has 0 N–H and O–H groups in total. The summed E-state index contributed by atoms with van der Waals surface area (Å²) >= 11 is 0. The summed E-state index contributed by atoms with van der Waals surface area (Å²) in [5.74, 6) is 0. The molecular weight excluding hydrogens is 316 g/mol. The van der Waals surface area contributed by atoms with E-state index in [0.29, 0.717) is 0 Å². The SMILES string of the molecule is Cn1cnc(CN2CCN(c3ccc4ncncc4c3)CC2)cc1=O. The predicted molar refractivity (Wildman–Crippen MR) is 96.5 cm³/mol. The Kier molecular flexibility index (Phi) is 4.15. The number of nitrogens with zero attached hydrogens (tertiary/aromatic N) is 6. The van der Waals surface area contributed by atoms with Crippen LogP contribution in [-0.4, -0.2) is 50.6 Å². The highest BCUT2D eigenvalue weighted by molar-refractivity contribution is 5.81. The van der Waals surface area contributed by atoms with Gasteiger partial charge in [-0.2, -0.15) is 0 Å². The van der Waals surface area contributed by atoms with Crippen molar-refractivity contribution in [1.29, 1.82) is 0 Å². The van der Waals surface area contributed by atoms with Gasteiger partial charge in [-0.05, 0) is 18.2 Å². The van der Waals surface area contributed by atoms with Crippen molar-refractivity contribution in [2.45, 2.75) is 6.54 Å². The third kappa shape index (κ3) is 3.36. The molecule has 3 aromatic rings. The Morgan fingerprint density at radius 3 is 2.72 bits per heavy atom. The third-order valence-corrected chi connectivity index (χ3v) is 4.65. The van der Waals surface area contributed by atoms with Crippen LogP contribution in [-0.2, 0) is 13.6 Å². The molecule has 2 aromatic heterocycles. The van der Waals surface area contributed by atoms with Crippen LogP contribution in [0.3, 0.4) is 0 Å². The Morgan fingerprint density at radius 1 is 1.08 bits per heavy atom. The van der Waals surface area contributed by atoms with Crippen molar-refractivity contribution in [2.24, 2.45) is 7.05 Å². The van der Waals surface area contributed by atoms with Gasteiger partial charge in [-0.1, -0.05) is 0 Å². The zero-order valence-electron chi connectivity index (χ0n) is 14.2. The Labute approximate surface area is 145 Å². The Hall–Kier alpha value is -2.80. The number of benzene rings is 1. The molecule has 4 rings (SSSR count). The number of piperazine rings is 1. The van der Waals surface area contributed by atoms with Gasteiger partial charge in [0.1, 0.15) is 6.33 Å². The van der Waals surface area contributed by atoms with Crippen molar-refractivity contribution in [3.63, 3.8) is 0 Å². The number of hydrogen-bond donors (Lipinski definition) is 0. The van der Waals surface area contributed by atoms with Crippen molar-refractivity contribution in [3.05, 3.63) is 59.2 Å². The fraction of sp³-hybridized carbons (Fsp3) is 0.333. The summed E-state index contributed by atoms with van der Waals surface area (Å²) < 4.78 is 1.49. The molecule has 1 aliphatic heterocycles. The summed E-state index contributed by atoms with van der Waals surface area (Å²) in [7, 11) is 1.71. The van der Waals surface area contributed by atoms with Crippen LogP contribution in [0.2, 0.25) is 0 Å². The number of anilines is 1. The molecule has 1 fully saturated rings. The van der Waals surface area contributed by atoms with Crippen LogP contribution >= 0.6 is 0 Å². The highest BCUT2D eigenvalue weighted by Crippen LogP contribution is 2.21. The van der Waals surface area contributed by atoms with Crippen LogP contribution in [0.5, 0.6) is 0 Å². The average molecular weight is 336 g/mol. The fourth-order valence-electron chi connectivity index (χ4n) is 3.15. The molecule has 25 heavy (non-hydrogen) atoms. The zero-order chi connectivity index (χ0) is 17.2. The van der Waals surface area contributed by atoms with E-state index >= 15 is 0 Å². The topological polar surface area (TPSA) is 67.2 Å². The van der Waals surface area contributed by atoms with E-state index in [0.717, 1.165) is 49.3 Å². The Balaban J connectivity index is 1.41. The number of fused-ring (bicyclic) bond motifs is 1. The maximum absolute atomic E-state index is 11.7. The number of hydrogen-bond acceptors (Lipinski definition) is 6. The number of rotatable bonds is 3. The smallest absolute Gasteiger partial charge is 0.253 e. The van der Waals surface area contributed by atoms with Crippen LogP contribution in [0.25, 0.3) is 10.9 Å². The summed E-state index contributed by atoms with van der Waals surface area (Å²) in [6, 6.07) is 7.93. The monoisotopic (exact) mass is 336 g/mol. The lowest BCUT2D eigenvalue weighted by Gasteiger charge is -2.36. The first-order valence-corrected chi connectivity index (χ1v) is 8.38. The van der Waals surface area contributed by atoms with Crippen LogP contribution in [0.15, 0.2) is 47.9 Å². The second kappa shape index (κ2) is 6.60. The summed E-state index contributed by atoms with van der Waals surface area (Å²) in [4.78, 5) is 29.1. The van der Waals surface area contributed by atoms with E-state index in [1.165, 1.54) is 10.3 Å². The Bertz CT molecular complexity index is 945. The van der Waals surface area contributed by atoms with Gasteiger partial charge in [0.2, 0.25) is 0 Å². The first-order valence-electron chi connectivity index (χ1n) is 8.38. The zero-order valence-corrected chi connectivity index (χ0v) is 14.2. The summed E-state index contributed by atoms with van der Waals surface area (Å²) in [6.07, 6.45) is 5.01. The molecule has 1 aromatic carbocycles. The molecule has 3 heterocycles. The summed E-state index contributed by atoms with van der Waals surface area (Å²) in [5, 5.41) is 1.06.